The first-order valence-corrected chi connectivity index (χ1v) is 4.71. The molecular formula is C10H14N2O2. The van der Waals surface area contributed by atoms with E-state index in [9.17, 15) is 9.59 Å². The Bertz CT molecular complexity index is 252. The molecule has 2 amide bonds. The van der Waals surface area contributed by atoms with Gasteiger partial charge in [0.25, 0.3) is 0 Å². The highest BCUT2D eigenvalue weighted by molar-refractivity contribution is 5.99. The van der Waals surface area contributed by atoms with E-state index in [-0.39, 0.29) is 11.8 Å². The van der Waals surface area contributed by atoms with Crippen LogP contribution in [0.2, 0.25) is 0 Å². The summed E-state index contributed by atoms with van der Waals surface area (Å²) in [5.74, 6) is 2.14. The first kappa shape index (κ1) is 10.7. The maximum absolute atomic E-state index is 11.0. The largest absolute Gasteiger partial charge is 0.294 e. The fraction of sp³-hybridized carbons (Fsp3) is 0.600. The van der Waals surface area contributed by atoms with E-state index in [1.807, 2.05) is 4.90 Å². The number of terminal acetylenes is 1. The number of carbonyl (C=O) groups is 2. The molecular weight excluding hydrogens is 180 g/mol. The van der Waals surface area contributed by atoms with Gasteiger partial charge in [0.2, 0.25) is 11.8 Å². The zero-order valence-corrected chi connectivity index (χ0v) is 8.08. The van der Waals surface area contributed by atoms with E-state index in [1.165, 1.54) is 0 Å². The van der Waals surface area contributed by atoms with E-state index in [2.05, 4.69) is 11.2 Å². The maximum Gasteiger partial charge on any atom is 0.240 e. The molecule has 0 saturated carbocycles. The van der Waals surface area contributed by atoms with Crippen molar-refractivity contribution in [1.82, 2.24) is 10.2 Å². The third kappa shape index (κ3) is 3.58. The molecule has 76 valence electrons. The Morgan fingerprint density at radius 2 is 1.93 bits per heavy atom. The third-order valence-electron chi connectivity index (χ3n) is 2.06. The lowest BCUT2D eigenvalue weighted by atomic mass is 10.2. The van der Waals surface area contributed by atoms with Crippen molar-refractivity contribution in [2.45, 2.75) is 19.3 Å². The number of piperazine rings is 1. The van der Waals surface area contributed by atoms with Crippen molar-refractivity contribution in [3.63, 3.8) is 0 Å². The second-order valence-electron chi connectivity index (χ2n) is 3.34. The maximum atomic E-state index is 11.0. The summed E-state index contributed by atoms with van der Waals surface area (Å²) in [6.07, 6.45) is 7.75. The number of unbranched alkanes of at least 4 members (excludes halogenated alkanes) is 2. The predicted octanol–water partition coefficient (Wildman–Crippen LogP) is -0.252. The van der Waals surface area contributed by atoms with Gasteiger partial charge in [-0.1, -0.05) is 0 Å². The number of rotatable bonds is 4. The summed E-state index contributed by atoms with van der Waals surface area (Å²) in [5.41, 5.74) is 0. The van der Waals surface area contributed by atoms with Crippen LogP contribution in [0.25, 0.3) is 0 Å². The molecule has 14 heavy (non-hydrogen) atoms. The van der Waals surface area contributed by atoms with Gasteiger partial charge in [0, 0.05) is 6.42 Å². The molecule has 0 unspecified atom stereocenters. The Morgan fingerprint density at radius 1 is 1.29 bits per heavy atom. The van der Waals surface area contributed by atoms with Gasteiger partial charge < -0.3 is 0 Å². The van der Waals surface area contributed by atoms with Gasteiger partial charge in [-0.2, -0.15) is 0 Å². The molecule has 1 aliphatic heterocycles. The first-order chi connectivity index (χ1) is 6.72. The van der Waals surface area contributed by atoms with Crippen LogP contribution >= 0.6 is 0 Å². The van der Waals surface area contributed by atoms with E-state index < -0.39 is 0 Å². The Hall–Kier alpha value is -1.34. The number of nitrogens with zero attached hydrogens (tertiary/aromatic N) is 1. The molecule has 0 aromatic carbocycles. The summed E-state index contributed by atoms with van der Waals surface area (Å²) >= 11 is 0. The topological polar surface area (TPSA) is 49.4 Å². The zero-order chi connectivity index (χ0) is 10.4. The summed E-state index contributed by atoms with van der Waals surface area (Å²) in [5, 5.41) is 2.26. The van der Waals surface area contributed by atoms with E-state index in [0.29, 0.717) is 13.1 Å². The Labute approximate surface area is 83.6 Å². The van der Waals surface area contributed by atoms with Gasteiger partial charge in [-0.05, 0) is 19.4 Å². The minimum absolute atomic E-state index is 0.210. The smallest absolute Gasteiger partial charge is 0.240 e. The third-order valence-corrected chi connectivity index (χ3v) is 2.06. The Morgan fingerprint density at radius 3 is 2.50 bits per heavy atom. The molecule has 1 fully saturated rings. The lowest BCUT2D eigenvalue weighted by Crippen LogP contribution is -2.51. The van der Waals surface area contributed by atoms with Crippen LogP contribution in [-0.2, 0) is 9.59 Å². The molecule has 0 radical (unpaired) electrons. The van der Waals surface area contributed by atoms with Crippen molar-refractivity contribution in [2.24, 2.45) is 0 Å². The first-order valence-electron chi connectivity index (χ1n) is 4.71. The monoisotopic (exact) mass is 194 g/mol. The van der Waals surface area contributed by atoms with Crippen LogP contribution in [0, 0.1) is 12.3 Å². The molecule has 4 heteroatoms. The van der Waals surface area contributed by atoms with Crippen molar-refractivity contribution < 1.29 is 9.59 Å². The summed E-state index contributed by atoms with van der Waals surface area (Å²) in [6.45, 7) is 1.41. The molecule has 1 N–H and O–H groups in total. The second kappa shape index (κ2) is 5.40. The lowest BCUT2D eigenvalue weighted by Gasteiger charge is -2.24. The van der Waals surface area contributed by atoms with Gasteiger partial charge in [-0.25, -0.2) is 0 Å². The Kier molecular flexibility index (Phi) is 4.14. The number of hydrogen-bond acceptors (Lipinski definition) is 3. The van der Waals surface area contributed by atoms with Crippen LogP contribution in [0.4, 0.5) is 0 Å². The van der Waals surface area contributed by atoms with Crippen molar-refractivity contribution in [1.29, 1.82) is 0 Å². The van der Waals surface area contributed by atoms with Gasteiger partial charge in [0.1, 0.15) is 0 Å². The minimum Gasteiger partial charge on any atom is -0.294 e. The molecule has 0 spiro atoms. The average molecular weight is 194 g/mol. The van der Waals surface area contributed by atoms with Gasteiger partial charge in [-0.3, -0.25) is 19.8 Å². The molecule has 0 aromatic heterocycles. The molecule has 1 aliphatic rings. The molecule has 0 atom stereocenters. The van der Waals surface area contributed by atoms with Crippen molar-refractivity contribution in [2.75, 3.05) is 19.6 Å². The van der Waals surface area contributed by atoms with Crippen LogP contribution in [0.5, 0.6) is 0 Å². The number of imide groups is 1. The lowest BCUT2D eigenvalue weighted by molar-refractivity contribution is -0.136. The van der Waals surface area contributed by atoms with Crippen LogP contribution < -0.4 is 5.32 Å². The molecule has 0 aliphatic carbocycles. The van der Waals surface area contributed by atoms with Crippen LogP contribution in [0.3, 0.4) is 0 Å². The predicted molar refractivity (Wildman–Crippen MR) is 52.3 cm³/mol. The molecule has 1 rings (SSSR count). The van der Waals surface area contributed by atoms with Crippen LogP contribution in [0.1, 0.15) is 19.3 Å². The molecule has 1 saturated heterocycles. The summed E-state index contributed by atoms with van der Waals surface area (Å²) in [7, 11) is 0. The van der Waals surface area contributed by atoms with Crippen molar-refractivity contribution in [3.8, 4) is 12.3 Å². The van der Waals surface area contributed by atoms with E-state index >= 15 is 0 Å². The zero-order valence-electron chi connectivity index (χ0n) is 8.08. The average Bonchev–Trinajstić information content (AvgIpc) is 2.11. The highest BCUT2D eigenvalue weighted by atomic mass is 16.2. The van der Waals surface area contributed by atoms with E-state index in [4.69, 9.17) is 6.42 Å². The summed E-state index contributed by atoms with van der Waals surface area (Å²) in [6, 6.07) is 0. The standard InChI is InChI=1S/C10H14N2O2/c1-2-3-4-5-6-12-7-9(13)11-10(14)8-12/h1H,3-8H2,(H,11,13,14). The van der Waals surface area contributed by atoms with Crippen molar-refractivity contribution >= 4 is 11.8 Å². The minimum atomic E-state index is -0.210. The van der Waals surface area contributed by atoms with E-state index in [1.54, 1.807) is 0 Å². The highest BCUT2D eigenvalue weighted by Crippen LogP contribution is 2.00. The van der Waals surface area contributed by atoms with Gasteiger partial charge in [-0.15, -0.1) is 12.3 Å². The SMILES string of the molecule is C#CCCCCN1CC(=O)NC(=O)C1. The number of amides is 2. The molecule has 1 heterocycles. The number of carbonyl (C=O) groups excluding carboxylic acids is 2. The van der Waals surface area contributed by atoms with Crippen LogP contribution in [-0.4, -0.2) is 36.3 Å². The number of nitrogens with one attached hydrogen (secondary N) is 1. The summed E-state index contributed by atoms with van der Waals surface area (Å²) in [4.78, 5) is 23.8. The van der Waals surface area contributed by atoms with Gasteiger partial charge in [0.15, 0.2) is 0 Å². The fourth-order valence-corrected chi connectivity index (χ4v) is 1.42. The second-order valence-corrected chi connectivity index (χ2v) is 3.34. The summed E-state index contributed by atoms with van der Waals surface area (Å²) < 4.78 is 0. The quantitative estimate of drug-likeness (QED) is 0.381. The fourth-order valence-electron chi connectivity index (χ4n) is 1.42. The molecule has 4 nitrogen and oxygen atoms in total. The molecule has 0 bridgehead atoms. The Balaban J connectivity index is 2.21. The van der Waals surface area contributed by atoms with Crippen LogP contribution in [0.15, 0.2) is 0 Å². The van der Waals surface area contributed by atoms with E-state index in [0.717, 1.165) is 25.8 Å². The number of hydrogen-bond donors (Lipinski definition) is 1. The normalized spacial score (nSPS) is 17.6. The van der Waals surface area contributed by atoms with Gasteiger partial charge >= 0.3 is 0 Å². The molecule has 0 aromatic rings. The van der Waals surface area contributed by atoms with Gasteiger partial charge in [0.05, 0.1) is 13.1 Å². The van der Waals surface area contributed by atoms with Crippen molar-refractivity contribution in [3.05, 3.63) is 0 Å². The highest BCUT2D eigenvalue weighted by Gasteiger charge is 2.21.